The summed E-state index contributed by atoms with van der Waals surface area (Å²) >= 11 is 0. The monoisotopic (exact) mass is 320 g/mol. The standard InChI is InChI=1S/C21H17NO2/c1-22-17-12-6-5-10-16(17)20(21(23)24)19-15(11-7-13-18(19)22)14-8-3-2-4-9-14/h2-13,20H,1H3,(H,23,24)/i2D,3D,4D,8D,9D. The van der Waals surface area contributed by atoms with Gasteiger partial charge in [-0.3, -0.25) is 4.79 Å². The molecule has 0 radical (unpaired) electrons. The highest BCUT2D eigenvalue weighted by Gasteiger charge is 2.35. The predicted octanol–water partition coefficient (Wildman–Crippen LogP) is 4.65. The van der Waals surface area contributed by atoms with Crippen LogP contribution in [0.3, 0.4) is 0 Å². The molecule has 0 bridgehead atoms. The summed E-state index contributed by atoms with van der Waals surface area (Å²) in [5.41, 5.74) is 2.72. The molecular formula is C21H17NO2. The first-order chi connectivity index (χ1) is 13.8. The second-order valence-electron chi connectivity index (χ2n) is 5.63. The molecule has 3 heteroatoms. The minimum Gasteiger partial charge on any atom is -0.481 e. The minimum absolute atomic E-state index is 0.00637. The molecule has 0 saturated heterocycles. The lowest BCUT2D eigenvalue weighted by Gasteiger charge is -2.35. The van der Waals surface area contributed by atoms with Crippen molar-refractivity contribution in [3.8, 4) is 11.1 Å². The summed E-state index contributed by atoms with van der Waals surface area (Å²) in [6, 6.07) is 10.2. The Balaban J connectivity index is 2.11. The van der Waals surface area contributed by atoms with E-state index in [1.165, 1.54) is 0 Å². The lowest BCUT2D eigenvalue weighted by atomic mass is 9.81. The van der Waals surface area contributed by atoms with Crippen LogP contribution in [0.5, 0.6) is 0 Å². The van der Waals surface area contributed by atoms with Gasteiger partial charge in [-0.05, 0) is 28.8 Å². The Morgan fingerprint density at radius 2 is 1.75 bits per heavy atom. The zero-order chi connectivity index (χ0) is 21.0. The first-order valence-electron chi connectivity index (χ1n) is 10.0. The fraction of sp³-hybridized carbons (Fsp3) is 0.0952. The molecule has 118 valence electrons. The molecule has 0 saturated carbocycles. The molecule has 3 aromatic carbocycles. The summed E-state index contributed by atoms with van der Waals surface area (Å²) in [5.74, 6) is -2.09. The number of rotatable bonds is 2. The third-order valence-electron chi connectivity index (χ3n) is 4.36. The first-order valence-corrected chi connectivity index (χ1v) is 7.51. The number of benzene rings is 3. The quantitative estimate of drug-likeness (QED) is 0.747. The smallest absolute Gasteiger partial charge is 0.315 e. The summed E-state index contributed by atoms with van der Waals surface area (Å²) in [7, 11) is 1.82. The van der Waals surface area contributed by atoms with Crippen LogP contribution < -0.4 is 4.90 Å². The molecule has 24 heavy (non-hydrogen) atoms. The van der Waals surface area contributed by atoms with Gasteiger partial charge < -0.3 is 10.0 Å². The summed E-state index contributed by atoms with van der Waals surface area (Å²) < 4.78 is 40.4. The van der Waals surface area contributed by atoms with Gasteiger partial charge in [0.1, 0.15) is 5.92 Å². The molecule has 0 aromatic heterocycles. The van der Waals surface area contributed by atoms with Crippen LogP contribution in [0.25, 0.3) is 11.1 Å². The lowest BCUT2D eigenvalue weighted by Crippen LogP contribution is -2.26. The summed E-state index contributed by atoms with van der Waals surface area (Å²) in [6.07, 6.45) is 0. The highest BCUT2D eigenvalue weighted by atomic mass is 16.4. The zero-order valence-corrected chi connectivity index (χ0v) is 12.9. The Morgan fingerprint density at radius 1 is 1.04 bits per heavy atom. The molecule has 1 heterocycles. The Labute approximate surface area is 147 Å². The average molecular weight is 320 g/mol. The van der Waals surface area contributed by atoms with Gasteiger partial charge in [0.25, 0.3) is 0 Å². The summed E-state index contributed by atoms with van der Waals surface area (Å²) in [5, 5.41) is 10.1. The Bertz CT molecular complexity index is 1150. The molecule has 3 nitrogen and oxygen atoms in total. The Morgan fingerprint density at radius 3 is 2.50 bits per heavy atom. The number of hydrogen-bond donors (Lipinski definition) is 1. The minimum atomic E-state index is -1.06. The second-order valence-corrected chi connectivity index (χ2v) is 5.63. The maximum Gasteiger partial charge on any atom is 0.315 e. The largest absolute Gasteiger partial charge is 0.481 e. The van der Waals surface area contributed by atoms with Gasteiger partial charge in [-0.25, -0.2) is 0 Å². The molecule has 0 fully saturated rings. The van der Waals surface area contributed by atoms with Crippen molar-refractivity contribution in [2.24, 2.45) is 0 Å². The number of hydrogen-bond acceptors (Lipinski definition) is 2. The van der Waals surface area contributed by atoms with E-state index in [0.29, 0.717) is 22.4 Å². The predicted molar refractivity (Wildman–Crippen MR) is 95.9 cm³/mol. The third kappa shape index (κ3) is 2.09. The van der Waals surface area contributed by atoms with Crippen LogP contribution >= 0.6 is 0 Å². The SMILES string of the molecule is [2H]c1c([2H])c([2H])c(-c2cccc3c2C(C(=O)O)c2ccccc2N3C)c([2H])c1[2H]. The molecule has 1 aliphatic heterocycles. The van der Waals surface area contributed by atoms with E-state index < -0.39 is 30.0 Å². The van der Waals surface area contributed by atoms with Crippen LogP contribution in [0.1, 0.15) is 23.9 Å². The van der Waals surface area contributed by atoms with Crippen molar-refractivity contribution in [1.29, 1.82) is 0 Å². The van der Waals surface area contributed by atoms with Gasteiger partial charge in [0.05, 0.1) is 6.85 Å². The number of nitrogens with zero attached hydrogens (tertiary/aromatic N) is 1. The molecular weight excluding hydrogens is 298 g/mol. The molecule has 1 N–H and O–H groups in total. The topological polar surface area (TPSA) is 40.5 Å². The van der Waals surface area contributed by atoms with E-state index in [1.54, 1.807) is 30.3 Å². The number of anilines is 2. The number of carboxylic acid groups (broad SMARTS) is 1. The molecule has 3 aromatic rings. The van der Waals surface area contributed by atoms with Crippen molar-refractivity contribution in [3.05, 3.63) is 83.8 Å². The van der Waals surface area contributed by atoms with Crippen LogP contribution in [0.15, 0.2) is 72.7 Å². The average Bonchev–Trinajstić information content (AvgIpc) is 2.71. The van der Waals surface area contributed by atoms with E-state index in [4.69, 9.17) is 6.85 Å². The van der Waals surface area contributed by atoms with E-state index in [1.807, 2.05) is 24.1 Å². The van der Waals surface area contributed by atoms with Gasteiger partial charge in [0.15, 0.2) is 0 Å². The van der Waals surface area contributed by atoms with Gasteiger partial charge in [0, 0.05) is 24.0 Å². The van der Waals surface area contributed by atoms with Crippen molar-refractivity contribution < 1.29 is 16.8 Å². The van der Waals surface area contributed by atoms with E-state index >= 15 is 0 Å². The Hall–Kier alpha value is -3.07. The van der Waals surface area contributed by atoms with Gasteiger partial charge in [-0.1, -0.05) is 60.5 Å². The van der Waals surface area contributed by atoms with Crippen molar-refractivity contribution in [2.45, 2.75) is 5.92 Å². The van der Waals surface area contributed by atoms with Crippen molar-refractivity contribution in [2.75, 3.05) is 11.9 Å². The molecule has 0 aliphatic carbocycles. The molecule has 1 atom stereocenters. The van der Waals surface area contributed by atoms with Crippen LogP contribution in [0.2, 0.25) is 0 Å². The molecule has 1 aliphatic rings. The molecule has 1 unspecified atom stereocenters. The molecule has 0 amide bonds. The van der Waals surface area contributed by atoms with E-state index in [9.17, 15) is 9.90 Å². The highest BCUT2D eigenvalue weighted by molar-refractivity contribution is 5.94. The van der Waals surface area contributed by atoms with Crippen molar-refractivity contribution in [1.82, 2.24) is 0 Å². The zero-order valence-electron chi connectivity index (χ0n) is 17.9. The Kier molecular flexibility index (Phi) is 2.29. The maximum absolute atomic E-state index is 12.3. The third-order valence-corrected chi connectivity index (χ3v) is 4.36. The number of fused-ring (bicyclic) bond motifs is 2. The van der Waals surface area contributed by atoms with Gasteiger partial charge in [-0.2, -0.15) is 0 Å². The lowest BCUT2D eigenvalue weighted by molar-refractivity contribution is -0.137. The van der Waals surface area contributed by atoms with Crippen LogP contribution in [-0.4, -0.2) is 18.1 Å². The fourth-order valence-electron chi connectivity index (χ4n) is 3.33. The first kappa shape index (κ1) is 9.93. The van der Waals surface area contributed by atoms with E-state index in [2.05, 4.69) is 0 Å². The van der Waals surface area contributed by atoms with Crippen LogP contribution in [-0.2, 0) is 4.79 Å². The fourth-order valence-corrected chi connectivity index (χ4v) is 3.33. The normalized spacial score (nSPS) is 18.5. The van der Waals surface area contributed by atoms with E-state index in [0.717, 1.165) is 5.69 Å². The number of carboxylic acids is 1. The number of aliphatic carboxylic acids is 1. The van der Waals surface area contributed by atoms with E-state index in [-0.39, 0.29) is 17.6 Å². The molecule has 0 spiro atoms. The van der Waals surface area contributed by atoms with Crippen LogP contribution in [0, 0.1) is 0 Å². The summed E-state index contributed by atoms with van der Waals surface area (Å²) in [4.78, 5) is 14.2. The number of carbonyl (C=O) groups is 1. The second kappa shape index (κ2) is 5.53. The van der Waals surface area contributed by atoms with Gasteiger partial charge >= 0.3 is 5.97 Å². The number of para-hydroxylation sites is 1. The van der Waals surface area contributed by atoms with Gasteiger partial charge in [0.2, 0.25) is 0 Å². The maximum atomic E-state index is 12.3. The van der Waals surface area contributed by atoms with Crippen molar-refractivity contribution >= 4 is 17.3 Å². The van der Waals surface area contributed by atoms with Gasteiger partial charge in [-0.15, -0.1) is 0 Å². The molecule has 4 rings (SSSR count). The van der Waals surface area contributed by atoms with Crippen molar-refractivity contribution in [3.63, 3.8) is 0 Å². The van der Waals surface area contributed by atoms with Crippen LogP contribution in [0.4, 0.5) is 11.4 Å². The summed E-state index contributed by atoms with van der Waals surface area (Å²) in [6.45, 7) is 0. The highest BCUT2D eigenvalue weighted by Crippen LogP contribution is 2.48.